The second-order valence-corrected chi connectivity index (χ2v) is 7.43. The first-order chi connectivity index (χ1) is 11.5. The summed E-state index contributed by atoms with van der Waals surface area (Å²) in [4.78, 5) is 17.2. The van der Waals surface area contributed by atoms with Crippen LogP contribution in [0.4, 0.5) is 0 Å². The Labute approximate surface area is 154 Å². The van der Waals surface area contributed by atoms with E-state index >= 15 is 0 Å². The van der Waals surface area contributed by atoms with Gasteiger partial charge >= 0.3 is 5.97 Å². The topological polar surface area (TPSA) is 65.0 Å². The van der Waals surface area contributed by atoms with Gasteiger partial charge in [0.1, 0.15) is 11.4 Å². The molecule has 3 unspecified atom stereocenters. The molecule has 5 nitrogen and oxygen atoms in total. The Morgan fingerprint density at radius 1 is 1.42 bits per heavy atom. The monoisotopic (exact) mass is 417 g/mol. The van der Waals surface area contributed by atoms with Crippen molar-refractivity contribution in [2.45, 2.75) is 45.0 Å². The van der Waals surface area contributed by atoms with Crippen molar-refractivity contribution in [3.63, 3.8) is 0 Å². The lowest BCUT2D eigenvalue weighted by Gasteiger charge is -2.15. The molecule has 1 aliphatic heterocycles. The molecular weight excluding hydrogens is 394 g/mol. The number of carbonyl (C=O) groups is 1. The van der Waals surface area contributed by atoms with Gasteiger partial charge in [0.05, 0.1) is 12.3 Å². The Morgan fingerprint density at radius 3 is 2.58 bits per heavy atom. The standard InChI is InChI=1S/C15H18BrNO4S.C2H6/c1-3-20-15(18)14(22(2)19)9-12-8-13(17-21-12)10-4-6-11(16)7-5-10;1-2/h4-7,12,14H,3,8-9H2,1-2H3;1-2H3. The fraction of sp³-hybridized carbons (Fsp3) is 0.529. The van der Waals surface area contributed by atoms with E-state index in [-0.39, 0.29) is 12.7 Å². The summed E-state index contributed by atoms with van der Waals surface area (Å²) in [7, 11) is -1.30. The summed E-state index contributed by atoms with van der Waals surface area (Å²) < 4.78 is 17.7. The number of esters is 1. The molecule has 3 atom stereocenters. The molecule has 1 aromatic rings. The average Bonchev–Trinajstić information content (AvgIpc) is 3.04. The predicted octanol–water partition coefficient (Wildman–Crippen LogP) is 3.67. The summed E-state index contributed by atoms with van der Waals surface area (Å²) in [6.07, 6.45) is 2.18. The van der Waals surface area contributed by atoms with Crippen LogP contribution in [-0.4, -0.2) is 40.1 Å². The van der Waals surface area contributed by atoms with Gasteiger partial charge in [-0.15, -0.1) is 0 Å². The Kier molecular flexibility index (Phi) is 9.21. The highest BCUT2D eigenvalue weighted by molar-refractivity contribution is 9.10. The van der Waals surface area contributed by atoms with Gasteiger partial charge in [0, 0.05) is 34.4 Å². The van der Waals surface area contributed by atoms with Crippen LogP contribution < -0.4 is 0 Å². The van der Waals surface area contributed by atoms with Crippen LogP contribution >= 0.6 is 15.9 Å². The molecule has 0 bridgehead atoms. The second-order valence-electron chi connectivity index (χ2n) is 4.95. The summed E-state index contributed by atoms with van der Waals surface area (Å²) in [6.45, 7) is 6.01. The molecule has 0 saturated carbocycles. The van der Waals surface area contributed by atoms with E-state index in [1.165, 1.54) is 6.26 Å². The molecule has 0 fully saturated rings. The first-order valence-corrected chi connectivity index (χ1v) is 10.4. The Morgan fingerprint density at radius 2 is 2.04 bits per heavy atom. The Bertz CT molecular complexity index is 589. The molecule has 134 valence electrons. The Balaban J connectivity index is 0.00000139. The fourth-order valence-electron chi connectivity index (χ4n) is 2.21. The summed E-state index contributed by atoms with van der Waals surface area (Å²) in [5.41, 5.74) is 1.82. The summed E-state index contributed by atoms with van der Waals surface area (Å²) in [5.74, 6) is -0.441. The molecule has 2 rings (SSSR count). The minimum Gasteiger partial charge on any atom is -0.465 e. The molecule has 1 aliphatic rings. The molecule has 24 heavy (non-hydrogen) atoms. The van der Waals surface area contributed by atoms with Crippen molar-refractivity contribution in [1.29, 1.82) is 0 Å². The van der Waals surface area contributed by atoms with E-state index in [1.807, 2.05) is 38.1 Å². The van der Waals surface area contributed by atoms with E-state index in [0.29, 0.717) is 12.8 Å². The molecule has 0 aromatic heterocycles. The van der Waals surface area contributed by atoms with E-state index in [0.717, 1.165) is 15.7 Å². The molecule has 0 aliphatic carbocycles. The van der Waals surface area contributed by atoms with Crippen LogP contribution in [0, 0.1) is 0 Å². The van der Waals surface area contributed by atoms with Gasteiger partial charge in [-0.2, -0.15) is 0 Å². The van der Waals surface area contributed by atoms with E-state index in [9.17, 15) is 9.00 Å². The Hall–Kier alpha value is -1.21. The number of nitrogens with zero attached hydrogens (tertiary/aromatic N) is 1. The molecule has 1 aromatic carbocycles. The number of oxime groups is 1. The number of rotatable bonds is 6. The van der Waals surface area contributed by atoms with Crippen molar-refractivity contribution in [1.82, 2.24) is 0 Å². The third-order valence-corrected chi connectivity index (χ3v) is 5.05. The first-order valence-electron chi connectivity index (χ1n) is 7.98. The number of hydrogen-bond acceptors (Lipinski definition) is 5. The molecular formula is C17H24BrNO4S. The van der Waals surface area contributed by atoms with Crippen molar-refractivity contribution < 1.29 is 18.6 Å². The summed E-state index contributed by atoms with van der Waals surface area (Å²) >= 11 is 3.39. The number of carbonyl (C=O) groups excluding carboxylic acids is 1. The fourth-order valence-corrected chi connectivity index (χ4v) is 3.30. The van der Waals surface area contributed by atoms with Crippen LogP contribution in [0.1, 0.15) is 39.2 Å². The minimum atomic E-state index is -1.30. The molecule has 0 spiro atoms. The van der Waals surface area contributed by atoms with E-state index in [1.54, 1.807) is 6.92 Å². The maximum atomic E-state index is 11.8. The van der Waals surface area contributed by atoms with Gasteiger partial charge in [-0.1, -0.05) is 47.1 Å². The number of ether oxygens (including phenoxy) is 1. The number of halogens is 1. The third-order valence-electron chi connectivity index (χ3n) is 3.34. The van der Waals surface area contributed by atoms with E-state index in [2.05, 4.69) is 21.1 Å². The first kappa shape index (κ1) is 20.8. The molecule has 1 heterocycles. The zero-order valence-corrected chi connectivity index (χ0v) is 16.9. The summed E-state index contributed by atoms with van der Waals surface area (Å²) in [5, 5.41) is 3.41. The van der Waals surface area contributed by atoms with Crippen molar-refractivity contribution in [2.24, 2.45) is 5.16 Å². The van der Waals surface area contributed by atoms with Gasteiger partial charge < -0.3 is 9.57 Å². The van der Waals surface area contributed by atoms with Gasteiger partial charge in [-0.25, -0.2) is 0 Å². The quantitative estimate of drug-likeness (QED) is 0.662. The highest BCUT2D eigenvalue weighted by Crippen LogP contribution is 2.23. The van der Waals surface area contributed by atoms with Crippen molar-refractivity contribution in [2.75, 3.05) is 12.9 Å². The maximum absolute atomic E-state index is 11.8. The largest absolute Gasteiger partial charge is 0.465 e. The van der Waals surface area contributed by atoms with E-state index < -0.39 is 22.0 Å². The second kappa shape index (κ2) is 10.6. The number of hydrogen-bond donors (Lipinski definition) is 0. The highest BCUT2D eigenvalue weighted by atomic mass is 79.9. The van der Waals surface area contributed by atoms with Gasteiger partial charge in [0.2, 0.25) is 0 Å². The van der Waals surface area contributed by atoms with Crippen LogP contribution in [0.25, 0.3) is 0 Å². The lowest BCUT2D eigenvalue weighted by atomic mass is 10.0. The highest BCUT2D eigenvalue weighted by Gasteiger charge is 2.32. The number of benzene rings is 1. The van der Waals surface area contributed by atoms with Gasteiger partial charge in [0.15, 0.2) is 0 Å². The SMILES string of the molecule is CC.CCOC(=O)C(CC1CC(c2ccc(Br)cc2)=NO1)S(C)=O. The minimum absolute atomic E-state index is 0.253. The lowest BCUT2D eigenvalue weighted by Crippen LogP contribution is -2.31. The predicted molar refractivity (Wildman–Crippen MR) is 101 cm³/mol. The van der Waals surface area contributed by atoms with Crippen LogP contribution in [0.3, 0.4) is 0 Å². The summed E-state index contributed by atoms with van der Waals surface area (Å²) in [6, 6.07) is 7.78. The van der Waals surface area contributed by atoms with Crippen molar-refractivity contribution in [3.8, 4) is 0 Å². The smallest absolute Gasteiger partial charge is 0.321 e. The van der Waals surface area contributed by atoms with Crippen molar-refractivity contribution in [3.05, 3.63) is 34.3 Å². The lowest BCUT2D eigenvalue weighted by molar-refractivity contribution is -0.143. The van der Waals surface area contributed by atoms with Crippen LogP contribution in [0.5, 0.6) is 0 Å². The zero-order valence-electron chi connectivity index (χ0n) is 14.5. The molecule has 0 N–H and O–H groups in total. The molecule has 0 radical (unpaired) electrons. The zero-order chi connectivity index (χ0) is 18.1. The van der Waals surface area contributed by atoms with Gasteiger partial charge in [-0.3, -0.25) is 9.00 Å². The van der Waals surface area contributed by atoms with Crippen LogP contribution in [0.15, 0.2) is 33.9 Å². The molecule has 0 amide bonds. The molecule has 7 heteroatoms. The normalized spacial score (nSPS) is 18.5. The van der Waals surface area contributed by atoms with Crippen LogP contribution in [0.2, 0.25) is 0 Å². The van der Waals surface area contributed by atoms with Crippen molar-refractivity contribution >= 4 is 38.4 Å². The van der Waals surface area contributed by atoms with Gasteiger partial charge in [-0.05, 0) is 24.6 Å². The molecule has 0 saturated heterocycles. The van der Waals surface area contributed by atoms with Crippen LogP contribution in [-0.2, 0) is 25.2 Å². The average molecular weight is 418 g/mol. The van der Waals surface area contributed by atoms with Gasteiger partial charge in [0.25, 0.3) is 0 Å². The third kappa shape index (κ3) is 6.02. The van der Waals surface area contributed by atoms with E-state index in [4.69, 9.17) is 9.57 Å². The maximum Gasteiger partial charge on any atom is 0.321 e.